The molecule has 2 heterocycles. The van der Waals surface area contributed by atoms with Gasteiger partial charge in [-0.1, -0.05) is 11.6 Å². The molecule has 130 valence electrons. The van der Waals surface area contributed by atoms with Crippen LogP contribution in [0, 0.1) is 5.41 Å². The highest BCUT2D eigenvalue weighted by Crippen LogP contribution is 2.41. The molecule has 1 saturated carbocycles. The van der Waals surface area contributed by atoms with Crippen LogP contribution in [0.3, 0.4) is 0 Å². The van der Waals surface area contributed by atoms with Crippen molar-refractivity contribution in [3.8, 4) is 0 Å². The summed E-state index contributed by atoms with van der Waals surface area (Å²) in [6, 6.07) is 7.25. The molecule has 1 N–H and O–H groups in total. The SMILES string of the molecule is CC1(C(=O)O)CCN(C(=O)c2cc(C3CC3)nc3ccc(Cl)cc23)C1. The number of nitrogens with zero attached hydrogens (tertiary/aromatic N) is 2. The summed E-state index contributed by atoms with van der Waals surface area (Å²) in [5, 5.41) is 10.7. The lowest BCUT2D eigenvalue weighted by atomic mass is 9.90. The van der Waals surface area contributed by atoms with E-state index in [0.717, 1.165) is 29.4 Å². The maximum Gasteiger partial charge on any atom is 0.311 e. The number of carboxylic acids is 1. The molecule has 1 amide bonds. The number of benzene rings is 1. The lowest BCUT2D eigenvalue weighted by Gasteiger charge is -2.21. The lowest BCUT2D eigenvalue weighted by molar-refractivity contribution is -0.147. The second-order valence-corrected chi connectivity index (χ2v) is 7.81. The van der Waals surface area contributed by atoms with Crippen molar-refractivity contribution in [2.75, 3.05) is 13.1 Å². The van der Waals surface area contributed by atoms with Crippen LogP contribution in [0.5, 0.6) is 0 Å². The number of hydrogen-bond acceptors (Lipinski definition) is 3. The van der Waals surface area contributed by atoms with Crippen molar-refractivity contribution >= 4 is 34.4 Å². The summed E-state index contributed by atoms with van der Waals surface area (Å²) in [4.78, 5) is 30.9. The standard InChI is InChI=1S/C19H19ClN2O3/c1-19(18(24)25)6-7-22(10-19)17(23)14-9-16(11-2-3-11)21-15-5-4-12(20)8-13(14)15/h4-5,8-9,11H,2-3,6-7,10H2,1H3,(H,24,25). The molecule has 0 spiro atoms. The summed E-state index contributed by atoms with van der Waals surface area (Å²) in [5.41, 5.74) is 1.40. The van der Waals surface area contributed by atoms with Crippen LogP contribution in [-0.2, 0) is 4.79 Å². The number of carbonyl (C=O) groups excluding carboxylic acids is 1. The number of halogens is 1. The fraction of sp³-hybridized carbons (Fsp3) is 0.421. The van der Waals surface area contributed by atoms with Crippen molar-refractivity contribution in [2.45, 2.75) is 32.1 Å². The molecule has 1 aromatic heterocycles. The van der Waals surface area contributed by atoms with Gasteiger partial charge in [0.15, 0.2) is 0 Å². The summed E-state index contributed by atoms with van der Waals surface area (Å²) in [5.74, 6) is -0.569. The van der Waals surface area contributed by atoms with Crippen molar-refractivity contribution < 1.29 is 14.7 Å². The van der Waals surface area contributed by atoms with E-state index in [1.54, 1.807) is 24.0 Å². The molecule has 5 nitrogen and oxygen atoms in total. The van der Waals surface area contributed by atoms with Gasteiger partial charge in [0.25, 0.3) is 5.91 Å². The van der Waals surface area contributed by atoms with Crippen molar-refractivity contribution in [1.82, 2.24) is 9.88 Å². The molecule has 1 saturated heterocycles. The van der Waals surface area contributed by atoms with Gasteiger partial charge in [0.05, 0.1) is 16.5 Å². The summed E-state index contributed by atoms with van der Waals surface area (Å²) in [6.45, 7) is 2.37. The molecule has 1 aliphatic heterocycles. The van der Waals surface area contributed by atoms with E-state index in [4.69, 9.17) is 11.6 Å². The van der Waals surface area contributed by atoms with E-state index in [1.165, 1.54) is 0 Å². The number of rotatable bonds is 3. The summed E-state index contributed by atoms with van der Waals surface area (Å²) >= 11 is 6.13. The third kappa shape index (κ3) is 2.86. The van der Waals surface area contributed by atoms with Gasteiger partial charge >= 0.3 is 5.97 Å². The number of amides is 1. The monoisotopic (exact) mass is 358 g/mol. The molecule has 1 atom stereocenters. The highest BCUT2D eigenvalue weighted by atomic mass is 35.5. The average molecular weight is 359 g/mol. The summed E-state index contributed by atoms with van der Waals surface area (Å²) in [7, 11) is 0. The second-order valence-electron chi connectivity index (χ2n) is 7.37. The first-order valence-corrected chi connectivity index (χ1v) is 8.88. The topological polar surface area (TPSA) is 70.5 Å². The van der Waals surface area contributed by atoms with Gasteiger partial charge in [-0.15, -0.1) is 0 Å². The van der Waals surface area contributed by atoms with Gasteiger partial charge in [0.2, 0.25) is 0 Å². The fourth-order valence-corrected chi connectivity index (χ4v) is 3.64. The molecule has 1 unspecified atom stereocenters. The van der Waals surface area contributed by atoms with Gasteiger partial charge in [0, 0.05) is 35.1 Å². The minimum atomic E-state index is -0.880. The number of aliphatic carboxylic acids is 1. The van der Waals surface area contributed by atoms with E-state index in [9.17, 15) is 14.7 Å². The van der Waals surface area contributed by atoms with Crippen molar-refractivity contribution in [1.29, 1.82) is 0 Å². The Morgan fingerprint density at radius 1 is 1.32 bits per heavy atom. The van der Waals surface area contributed by atoms with Gasteiger partial charge in [-0.3, -0.25) is 14.6 Å². The molecular weight excluding hydrogens is 340 g/mol. The number of carboxylic acid groups (broad SMARTS) is 1. The molecule has 0 bridgehead atoms. The van der Waals surface area contributed by atoms with E-state index in [0.29, 0.717) is 29.5 Å². The highest BCUT2D eigenvalue weighted by molar-refractivity contribution is 6.31. The zero-order valence-electron chi connectivity index (χ0n) is 14.0. The molecule has 2 fully saturated rings. The number of pyridine rings is 1. The normalized spacial score (nSPS) is 23.2. The van der Waals surface area contributed by atoms with Crippen LogP contribution in [0.2, 0.25) is 5.02 Å². The Kier molecular flexibility index (Phi) is 3.72. The number of likely N-dealkylation sites (tertiary alicyclic amines) is 1. The quantitative estimate of drug-likeness (QED) is 0.908. The molecule has 6 heteroatoms. The molecule has 2 aliphatic rings. The Morgan fingerprint density at radius 2 is 2.08 bits per heavy atom. The minimum Gasteiger partial charge on any atom is -0.481 e. The number of aromatic nitrogens is 1. The summed E-state index contributed by atoms with van der Waals surface area (Å²) < 4.78 is 0. The Balaban J connectivity index is 1.76. The number of carbonyl (C=O) groups is 2. The molecular formula is C19H19ClN2O3. The predicted octanol–water partition coefficient (Wildman–Crippen LogP) is 3.70. The minimum absolute atomic E-state index is 0.137. The molecule has 0 radical (unpaired) electrons. The molecule has 1 aromatic carbocycles. The fourth-order valence-electron chi connectivity index (χ4n) is 3.46. The van der Waals surface area contributed by atoms with Crippen molar-refractivity contribution in [3.63, 3.8) is 0 Å². The van der Waals surface area contributed by atoms with Gasteiger partial charge in [-0.25, -0.2) is 0 Å². The van der Waals surface area contributed by atoms with Crippen LogP contribution in [0.1, 0.15) is 48.2 Å². The first-order chi connectivity index (χ1) is 11.9. The van der Waals surface area contributed by atoms with E-state index >= 15 is 0 Å². The van der Waals surface area contributed by atoms with Crippen LogP contribution >= 0.6 is 11.6 Å². The van der Waals surface area contributed by atoms with E-state index in [-0.39, 0.29) is 12.5 Å². The van der Waals surface area contributed by atoms with Crippen LogP contribution in [0.4, 0.5) is 0 Å². The zero-order chi connectivity index (χ0) is 17.8. The second kappa shape index (κ2) is 5.70. The number of fused-ring (bicyclic) bond motifs is 1. The van der Waals surface area contributed by atoms with Crippen molar-refractivity contribution in [2.24, 2.45) is 5.41 Å². The van der Waals surface area contributed by atoms with E-state index in [1.807, 2.05) is 12.1 Å². The maximum absolute atomic E-state index is 13.1. The Labute approximate surface area is 150 Å². The highest BCUT2D eigenvalue weighted by Gasteiger charge is 2.42. The first-order valence-electron chi connectivity index (χ1n) is 8.50. The lowest BCUT2D eigenvalue weighted by Crippen LogP contribution is -2.35. The van der Waals surface area contributed by atoms with Gasteiger partial charge in [-0.05, 0) is 50.5 Å². The Morgan fingerprint density at radius 3 is 2.72 bits per heavy atom. The van der Waals surface area contributed by atoms with Crippen LogP contribution in [0.15, 0.2) is 24.3 Å². The molecule has 25 heavy (non-hydrogen) atoms. The largest absolute Gasteiger partial charge is 0.481 e. The van der Waals surface area contributed by atoms with E-state index in [2.05, 4.69) is 4.98 Å². The zero-order valence-corrected chi connectivity index (χ0v) is 14.7. The average Bonchev–Trinajstić information content (AvgIpc) is 3.35. The Bertz CT molecular complexity index is 894. The predicted molar refractivity (Wildman–Crippen MR) is 95.0 cm³/mol. The van der Waals surface area contributed by atoms with Gasteiger partial charge in [-0.2, -0.15) is 0 Å². The third-order valence-corrected chi connectivity index (χ3v) is 5.53. The first kappa shape index (κ1) is 16.3. The Hall–Kier alpha value is -2.14. The molecule has 4 rings (SSSR count). The van der Waals surface area contributed by atoms with E-state index < -0.39 is 11.4 Å². The van der Waals surface area contributed by atoms with Crippen LogP contribution in [0.25, 0.3) is 10.9 Å². The summed E-state index contributed by atoms with van der Waals surface area (Å²) in [6.07, 6.45) is 2.66. The maximum atomic E-state index is 13.1. The third-order valence-electron chi connectivity index (χ3n) is 5.29. The molecule has 2 aromatic rings. The van der Waals surface area contributed by atoms with Gasteiger partial charge in [0.1, 0.15) is 0 Å². The van der Waals surface area contributed by atoms with Gasteiger partial charge < -0.3 is 10.0 Å². The molecule has 1 aliphatic carbocycles. The van der Waals surface area contributed by atoms with Crippen LogP contribution in [-0.4, -0.2) is 40.0 Å². The van der Waals surface area contributed by atoms with Crippen LogP contribution < -0.4 is 0 Å². The number of hydrogen-bond donors (Lipinski definition) is 1. The van der Waals surface area contributed by atoms with Crippen molar-refractivity contribution in [3.05, 3.63) is 40.5 Å². The smallest absolute Gasteiger partial charge is 0.311 e.